The maximum atomic E-state index is 11.4. The van der Waals surface area contributed by atoms with Gasteiger partial charge < -0.3 is 13.9 Å². The van der Waals surface area contributed by atoms with Crippen LogP contribution in [0.3, 0.4) is 0 Å². The molecule has 0 bridgehead atoms. The number of hydrogen-bond acceptors (Lipinski definition) is 5. The molecule has 0 saturated carbocycles. The highest BCUT2D eigenvalue weighted by Crippen LogP contribution is 2.29. The molecule has 1 aromatic carbocycles. The lowest BCUT2D eigenvalue weighted by Gasteiger charge is -2.08. The van der Waals surface area contributed by atoms with Gasteiger partial charge in [0.05, 0.1) is 5.02 Å². The van der Waals surface area contributed by atoms with Crippen LogP contribution in [-0.4, -0.2) is 12.8 Å². The van der Waals surface area contributed by atoms with Crippen molar-refractivity contribution in [3.63, 3.8) is 0 Å². The minimum absolute atomic E-state index is 0.253. The van der Waals surface area contributed by atoms with Gasteiger partial charge in [-0.05, 0) is 19.1 Å². The van der Waals surface area contributed by atoms with Crippen LogP contribution in [-0.2, 0) is 9.53 Å². The lowest BCUT2D eigenvalue weighted by atomic mass is 10.2. The predicted molar refractivity (Wildman–Crippen MR) is 69.5 cm³/mol. The number of hydrogen-bond donors (Lipinski definition) is 0. The van der Waals surface area contributed by atoms with E-state index in [1.165, 1.54) is 13.0 Å². The summed E-state index contributed by atoms with van der Waals surface area (Å²) in [5, 5.41) is 1.04. The minimum atomic E-state index is -0.459. The molecule has 0 amide bonds. The number of halogens is 1. The van der Waals surface area contributed by atoms with Crippen molar-refractivity contribution >= 4 is 28.5 Å². The van der Waals surface area contributed by atoms with Crippen LogP contribution in [0.4, 0.5) is 0 Å². The molecular formula is C13H11ClO5. The molecule has 0 aliphatic heterocycles. The monoisotopic (exact) mass is 282 g/mol. The zero-order valence-corrected chi connectivity index (χ0v) is 11.1. The molecule has 0 unspecified atom stereocenters. The molecular weight excluding hydrogens is 272 g/mol. The van der Waals surface area contributed by atoms with Gasteiger partial charge in [0.15, 0.2) is 0 Å². The van der Waals surface area contributed by atoms with Crippen LogP contribution in [0.15, 0.2) is 27.4 Å². The number of aryl methyl sites for hydroxylation is 1. The number of carbonyl (C=O) groups excluding carboxylic acids is 1. The van der Waals surface area contributed by atoms with Gasteiger partial charge in [-0.2, -0.15) is 0 Å². The van der Waals surface area contributed by atoms with Gasteiger partial charge in [-0.15, -0.1) is 0 Å². The fraction of sp³-hybridized carbons (Fsp3) is 0.231. The molecule has 2 aromatic rings. The summed E-state index contributed by atoms with van der Waals surface area (Å²) in [5.41, 5.74) is 0.440. The summed E-state index contributed by atoms with van der Waals surface area (Å²) in [4.78, 5) is 22.0. The van der Waals surface area contributed by atoms with Crippen LogP contribution in [0, 0.1) is 6.92 Å². The van der Waals surface area contributed by atoms with Crippen LogP contribution in [0.2, 0.25) is 5.02 Å². The van der Waals surface area contributed by atoms with Crippen LogP contribution in [0.5, 0.6) is 5.75 Å². The van der Waals surface area contributed by atoms with Crippen molar-refractivity contribution in [2.24, 2.45) is 0 Å². The van der Waals surface area contributed by atoms with E-state index in [-0.39, 0.29) is 12.5 Å². The first kappa shape index (κ1) is 13.4. The Morgan fingerprint density at radius 3 is 2.79 bits per heavy atom. The van der Waals surface area contributed by atoms with Gasteiger partial charge in [0.2, 0.25) is 6.79 Å². The van der Waals surface area contributed by atoms with Crippen molar-refractivity contribution in [3.05, 3.63) is 39.2 Å². The number of carbonyl (C=O) groups is 1. The normalized spacial score (nSPS) is 10.5. The van der Waals surface area contributed by atoms with Gasteiger partial charge in [0.25, 0.3) is 0 Å². The summed E-state index contributed by atoms with van der Waals surface area (Å²) in [5.74, 6) is -0.179. The van der Waals surface area contributed by atoms with Gasteiger partial charge in [0, 0.05) is 23.9 Å². The molecule has 0 fully saturated rings. The van der Waals surface area contributed by atoms with Crippen molar-refractivity contribution in [1.82, 2.24) is 0 Å². The van der Waals surface area contributed by atoms with Gasteiger partial charge >= 0.3 is 11.6 Å². The standard InChI is InChI=1S/C13H11ClO5/c1-7-3-9-4-10(14)12(18-6-17-8(2)15)5-11(9)19-13(7)16/h3-5H,6H2,1-2H3. The van der Waals surface area contributed by atoms with E-state index in [0.29, 0.717) is 21.6 Å². The lowest BCUT2D eigenvalue weighted by Crippen LogP contribution is -2.07. The van der Waals surface area contributed by atoms with Gasteiger partial charge in [-0.25, -0.2) is 4.79 Å². The fourth-order valence-corrected chi connectivity index (χ4v) is 1.74. The first-order chi connectivity index (χ1) is 8.97. The number of esters is 1. The Morgan fingerprint density at radius 2 is 2.11 bits per heavy atom. The average Bonchev–Trinajstić information content (AvgIpc) is 2.32. The third-order valence-electron chi connectivity index (χ3n) is 2.44. The smallest absolute Gasteiger partial charge is 0.339 e. The average molecular weight is 283 g/mol. The van der Waals surface area contributed by atoms with Crippen LogP contribution in [0.25, 0.3) is 11.0 Å². The molecule has 1 aromatic heterocycles. The Hall–Kier alpha value is -2.01. The summed E-state index contributed by atoms with van der Waals surface area (Å²) in [7, 11) is 0. The van der Waals surface area contributed by atoms with E-state index in [2.05, 4.69) is 4.74 Å². The highest BCUT2D eigenvalue weighted by molar-refractivity contribution is 6.32. The highest BCUT2D eigenvalue weighted by atomic mass is 35.5. The van der Waals surface area contributed by atoms with Crippen molar-refractivity contribution in [2.45, 2.75) is 13.8 Å². The maximum absolute atomic E-state index is 11.4. The molecule has 0 radical (unpaired) electrons. The molecule has 19 heavy (non-hydrogen) atoms. The second-order valence-electron chi connectivity index (χ2n) is 3.94. The highest BCUT2D eigenvalue weighted by Gasteiger charge is 2.08. The molecule has 0 N–H and O–H groups in total. The van der Waals surface area contributed by atoms with Gasteiger partial charge in [0.1, 0.15) is 11.3 Å². The number of benzene rings is 1. The predicted octanol–water partition coefficient (Wildman–Crippen LogP) is 2.65. The van der Waals surface area contributed by atoms with Gasteiger partial charge in [-0.3, -0.25) is 4.79 Å². The first-order valence-electron chi connectivity index (χ1n) is 5.47. The van der Waals surface area contributed by atoms with Crippen molar-refractivity contribution in [3.8, 4) is 5.75 Å². The summed E-state index contributed by atoms with van der Waals surface area (Å²) in [6.45, 7) is 2.67. The summed E-state index contributed by atoms with van der Waals surface area (Å²) in [6, 6.07) is 4.79. The summed E-state index contributed by atoms with van der Waals surface area (Å²) in [6.07, 6.45) is 0. The Morgan fingerprint density at radius 1 is 1.37 bits per heavy atom. The van der Waals surface area contributed by atoms with E-state index in [9.17, 15) is 9.59 Å². The van der Waals surface area contributed by atoms with E-state index in [1.54, 1.807) is 19.1 Å². The summed E-state index contributed by atoms with van der Waals surface area (Å²) >= 11 is 6.03. The third-order valence-corrected chi connectivity index (χ3v) is 2.73. The second kappa shape index (κ2) is 5.32. The van der Waals surface area contributed by atoms with E-state index >= 15 is 0 Å². The van der Waals surface area contributed by atoms with E-state index in [0.717, 1.165) is 0 Å². The Bertz CT molecular complexity index is 689. The molecule has 2 rings (SSSR count). The zero-order valence-electron chi connectivity index (χ0n) is 10.4. The van der Waals surface area contributed by atoms with Gasteiger partial charge in [-0.1, -0.05) is 11.6 Å². The molecule has 6 heteroatoms. The van der Waals surface area contributed by atoms with Crippen molar-refractivity contribution in [1.29, 1.82) is 0 Å². The zero-order chi connectivity index (χ0) is 14.0. The van der Waals surface area contributed by atoms with E-state index in [4.69, 9.17) is 20.8 Å². The fourth-order valence-electron chi connectivity index (χ4n) is 1.51. The van der Waals surface area contributed by atoms with Crippen LogP contribution in [0.1, 0.15) is 12.5 Å². The number of fused-ring (bicyclic) bond motifs is 1. The Kier molecular flexibility index (Phi) is 3.76. The molecule has 1 heterocycles. The number of rotatable bonds is 3. The first-order valence-corrected chi connectivity index (χ1v) is 5.85. The molecule has 0 atom stereocenters. The van der Waals surface area contributed by atoms with Crippen molar-refractivity contribution in [2.75, 3.05) is 6.79 Å². The van der Waals surface area contributed by atoms with Crippen LogP contribution < -0.4 is 10.4 Å². The maximum Gasteiger partial charge on any atom is 0.339 e. The molecule has 0 saturated heterocycles. The quantitative estimate of drug-likeness (QED) is 0.492. The van der Waals surface area contributed by atoms with E-state index in [1.807, 2.05) is 0 Å². The second-order valence-corrected chi connectivity index (χ2v) is 4.34. The van der Waals surface area contributed by atoms with E-state index < -0.39 is 11.6 Å². The third kappa shape index (κ3) is 3.06. The summed E-state index contributed by atoms with van der Waals surface area (Å²) < 4.78 is 14.9. The molecule has 0 aliphatic rings. The molecule has 0 aliphatic carbocycles. The Balaban J connectivity index is 2.35. The van der Waals surface area contributed by atoms with Crippen LogP contribution >= 0.6 is 11.6 Å². The molecule has 0 spiro atoms. The minimum Gasteiger partial charge on any atom is -0.456 e. The SMILES string of the molecule is CC(=O)OCOc1cc2oc(=O)c(C)cc2cc1Cl. The Labute approximate surface area is 113 Å². The van der Waals surface area contributed by atoms with Crippen molar-refractivity contribution < 1.29 is 18.7 Å². The molecule has 100 valence electrons. The number of ether oxygens (including phenoxy) is 2. The lowest BCUT2D eigenvalue weighted by molar-refractivity contribution is -0.147. The topological polar surface area (TPSA) is 65.7 Å². The molecule has 5 nitrogen and oxygen atoms in total. The largest absolute Gasteiger partial charge is 0.456 e.